The maximum atomic E-state index is 11.2. The summed E-state index contributed by atoms with van der Waals surface area (Å²) in [5.74, 6) is 0.171. The number of methoxy groups -OCH3 is 2. The topological polar surface area (TPSA) is 52.6 Å². The lowest BCUT2D eigenvalue weighted by Crippen LogP contribution is -2.29. The summed E-state index contributed by atoms with van der Waals surface area (Å²) in [7, 11) is -0.160. The molecule has 1 fully saturated rings. The molecule has 0 N–H and O–H groups in total. The molecule has 5 heteroatoms. The van der Waals surface area contributed by atoms with Crippen LogP contribution in [0.2, 0.25) is 0 Å². The van der Waals surface area contributed by atoms with Gasteiger partial charge in [-0.15, -0.1) is 0 Å². The Hall–Kier alpha value is -0.130. The van der Waals surface area contributed by atoms with Gasteiger partial charge in [-0.05, 0) is 6.42 Å². The van der Waals surface area contributed by atoms with E-state index >= 15 is 0 Å². The largest absolute Gasteiger partial charge is 0.378 e. The van der Waals surface area contributed by atoms with Crippen LogP contribution < -0.4 is 0 Å². The Morgan fingerprint density at radius 3 is 2.27 bits per heavy atom. The van der Waals surface area contributed by atoms with Crippen LogP contribution >= 0.6 is 0 Å². The van der Waals surface area contributed by atoms with Crippen molar-refractivity contribution in [1.82, 2.24) is 0 Å². The monoisotopic (exact) mass is 180 g/mol. The van der Waals surface area contributed by atoms with E-state index in [-0.39, 0.29) is 11.9 Å². The fraction of sp³-hybridized carbons (Fsp3) is 1.00. The number of hydrogen-bond donors (Lipinski definition) is 0. The minimum absolute atomic E-state index is 0.171. The first-order chi connectivity index (χ1) is 5.11. The van der Waals surface area contributed by atoms with E-state index in [1.807, 2.05) is 0 Å². The smallest absolute Gasteiger partial charge is 0.184 e. The second-order valence-corrected chi connectivity index (χ2v) is 4.73. The van der Waals surface area contributed by atoms with Crippen molar-refractivity contribution in [2.24, 2.45) is 0 Å². The third-order valence-electron chi connectivity index (χ3n) is 1.88. The Labute approximate surface area is 66.4 Å². The molecule has 0 radical (unpaired) electrons. The Bertz CT molecular complexity index is 221. The Balaban J connectivity index is 2.80. The lowest BCUT2D eigenvalue weighted by atomic mass is 10.3. The van der Waals surface area contributed by atoms with Crippen molar-refractivity contribution in [3.05, 3.63) is 0 Å². The van der Waals surface area contributed by atoms with Gasteiger partial charge in [-0.1, -0.05) is 0 Å². The van der Waals surface area contributed by atoms with Crippen LogP contribution in [-0.4, -0.2) is 39.9 Å². The molecular formula is C6H12O4S. The molecule has 0 amide bonds. The van der Waals surface area contributed by atoms with Crippen LogP contribution in [0.5, 0.6) is 0 Å². The van der Waals surface area contributed by atoms with Crippen molar-refractivity contribution in [3.8, 4) is 0 Å². The van der Waals surface area contributed by atoms with Gasteiger partial charge in [0.25, 0.3) is 0 Å². The first kappa shape index (κ1) is 8.96. The Kier molecular flexibility index (Phi) is 2.51. The number of sulfone groups is 1. The standard InChI is InChI=1S/C6H12O4S/c1-9-5-3-4-11(7,8)6(5)10-2/h5-6H,3-4H2,1-2H3. The minimum Gasteiger partial charge on any atom is -0.378 e. The van der Waals surface area contributed by atoms with Gasteiger partial charge in [0, 0.05) is 14.2 Å². The van der Waals surface area contributed by atoms with Crippen molar-refractivity contribution < 1.29 is 17.9 Å². The van der Waals surface area contributed by atoms with Crippen molar-refractivity contribution >= 4 is 9.84 Å². The van der Waals surface area contributed by atoms with E-state index in [1.165, 1.54) is 14.2 Å². The quantitative estimate of drug-likeness (QED) is 0.590. The molecule has 2 atom stereocenters. The highest BCUT2D eigenvalue weighted by atomic mass is 32.2. The third-order valence-corrected chi connectivity index (χ3v) is 3.89. The van der Waals surface area contributed by atoms with Crippen LogP contribution in [0, 0.1) is 0 Å². The SMILES string of the molecule is COC1CCS(=O)(=O)C1OC. The van der Waals surface area contributed by atoms with E-state index < -0.39 is 15.3 Å². The molecule has 1 rings (SSSR count). The van der Waals surface area contributed by atoms with Gasteiger partial charge in [-0.25, -0.2) is 8.42 Å². The zero-order chi connectivity index (χ0) is 8.48. The summed E-state index contributed by atoms with van der Waals surface area (Å²) in [6.45, 7) is 0. The Morgan fingerprint density at radius 1 is 1.27 bits per heavy atom. The van der Waals surface area contributed by atoms with Gasteiger partial charge in [0.05, 0.1) is 11.9 Å². The average molecular weight is 180 g/mol. The van der Waals surface area contributed by atoms with Gasteiger partial charge in [0.2, 0.25) is 0 Å². The van der Waals surface area contributed by atoms with E-state index in [4.69, 9.17) is 9.47 Å². The Morgan fingerprint density at radius 2 is 1.91 bits per heavy atom. The van der Waals surface area contributed by atoms with Crippen molar-refractivity contribution in [2.75, 3.05) is 20.0 Å². The summed E-state index contributed by atoms with van der Waals surface area (Å²) in [6.07, 6.45) is 0.252. The second kappa shape index (κ2) is 3.08. The minimum atomic E-state index is -3.05. The molecule has 1 aliphatic rings. The summed E-state index contributed by atoms with van der Waals surface area (Å²) < 4.78 is 32.1. The number of ether oxygens (including phenoxy) is 2. The number of rotatable bonds is 2. The van der Waals surface area contributed by atoms with Crippen LogP contribution in [0.15, 0.2) is 0 Å². The highest BCUT2D eigenvalue weighted by Crippen LogP contribution is 2.23. The summed E-state index contributed by atoms with van der Waals surface area (Å²) in [5.41, 5.74) is -0.757. The lowest BCUT2D eigenvalue weighted by molar-refractivity contribution is 0.0126. The maximum Gasteiger partial charge on any atom is 0.184 e. The molecule has 0 aromatic heterocycles. The molecule has 11 heavy (non-hydrogen) atoms. The zero-order valence-electron chi connectivity index (χ0n) is 6.61. The molecule has 1 heterocycles. The summed E-state index contributed by atoms with van der Waals surface area (Å²) in [6, 6.07) is 0. The van der Waals surface area contributed by atoms with Crippen LogP contribution in [0.1, 0.15) is 6.42 Å². The highest BCUT2D eigenvalue weighted by Gasteiger charge is 2.40. The van der Waals surface area contributed by atoms with Gasteiger partial charge in [0.15, 0.2) is 15.3 Å². The second-order valence-electron chi connectivity index (χ2n) is 2.53. The summed E-state index contributed by atoms with van der Waals surface area (Å²) in [5, 5.41) is 0. The molecule has 0 aliphatic carbocycles. The normalized spacial score (nSPS) is 35.8. The molecule has 66 valence electrons. The summed E-state index contributed by atoms with van der Waals surface area (Å²) in [4.78, 5) is 0. The highest BCUT2D eigenvalue weighted by molar-refractivity contribution is 7.92. The molecule has 1 saturated heterocycles. The fourth-order valence-corrected chi connectivity index (χ4v) is 3.09. The van der Waals surface area contributed by atoms with E-state index in [0.717, 1.165) is 0 Å². The molecule has 0 spiro atoms. The molecular weight excluding hydrogens is 168 g/mol. The fourth-order valence-electron chi connectivity index (χ4n) is 1.29. The predicted octanol–water partition coefficient (Wildman–Crippen LogP) is -0.208. The molecule has 2 unspecified atom stereocenters. The molecule has 4 nitrogen and oxygen atoms in total. The van der Waals surface area contributed by atoms with Crippen molar-refractivity contribution in [3.63, 3.8) is 0 Å². The van der Waals surface area contributed by atoms with E-state index in [9.17, 15) is 8.42 Å². The van der Waals surface area contributed by atoms with E-state index in [1.54, 1.807) is 0 Å². The van der Waals surface area contributed by atoms with Crippen LogP contribution in [0.3, 0.4) is 0 Å². The van der Waals surface area contributed by atoms with Crippen LogP contribution in [0.25, 0.3) is 0 Å². The van der Waals surface area contributed by atoms with E-state index in [0.29, 0.717) is 6.42 Å². The maximum absolute atomic E-state index is 11.2. The van der Waals surface area contributed by atoms with E-state index in [2.05, 4.69) is 0 Å². The van der Waals surface area contributed by atoms with Gasteiger partial charge in [-0.2, -0.15) is 0 Å². The average Bonchev–Trinajstić information content (AvgIpc) is 2.24. The first-order valence-electron chi connectivity index (χ1n) is 3.39. The zero-order valence-corrected chi connectivity index (χ0v) is 7.43. The van der Waals surface area contributed by atoms with Crippen LogP contribution in [0.4, 0.5) is 0 Å². The molecule has 0 bridgehead atoms. The van der Waals surface area contributed by atoms with Crippen LogP contribution in [-0.2, 0) is 19.3 Å². The molecule has 0 aromatic rings. The number of hydrogen-bond acceptors (Lipinski definition) is 4. The van der Waals surface area contributed by atoms with Gasteiger partial charge in [0.1, 0.15) is 0 Å². The van der Waals surface area contributed by atoms with Gasteiger partial charge < -0.3 is 9.47 Å². The lowest BCUT2D eigenvalue weighted by Gasteiger charge is -2.14. The molecule has 1 aliphatic heterocycles. The predicted molar refractivity (Wildman–Crippen MR) is 40.0 cm³/mol. The first-order valence-corrected chi connectivity index (χ1v) is 5.10. The molecule has 0 saturated carbocycles. The van der Waals surface area contributed by atoms with Crippen molar-refractivity contribution in [1.29, 1.82) is 0 Å². The third kappa shape index (κ3) is 1.55. The van der Waals surface area contributed by atoms with Gasteiger partial charge in [-0.3, -0.25) is 0 Å². The summed E-state index contributed by atoms with van der Waals surface area (Å²) >= 11 is 0. The van der Waals surface area contributed by atoms with Crippen molar-refractivity contribution in [2.45, 2.75) is 18.0 Å². The molecule has 0 aromatic carbocycles. The van der Waals surface area contributed by atoms with Gasteiger partial charge >= 0.3 is 0 Å².